The predicted molar refractivity (Wildman–Crippen MR) is 149 cm³/mol. The lowest BCUT2D eigenvalue weighted by atomic mass is 10.1. The van der Waals surface area contributed by atoms with E-state index in [1.54, 1.807) is 56.3 Å². The summed E-state index contributed by atoms with van der Waals surface area (Å²) in [4.78, 5) is 38.4. The van der Waals surface area contributed by atoms with Gasteiger partial charge < -0.3 is 14.8 Å². The van der Waals surface area contributed by atoms with Crippen molar-refractivity contribution in [1.29, 1.82) is 0 Å². The van der Waals surface area contributed by atoms with E-state index in [-0.39, 0.29) is 13.2 Å². The van der Waals surface area contributed by atoms with E-state index in [0.29, 0.717) is 43.2 Å². The van der Waals surface area contributed by atoms with Crippen LogP contribution < -0.4 is 15.5 Å². The van der Waals surface area contributed by atoms with Crippen molar-refractivity contribution in [1.82, 2.24) is 5.43 Å². The van der Waals surface area contributed by atoms with Gasteiger partial charge in [0.1, 0.15) is 17.4 Å². The minimum atomic E-state index is -0.954. The molecular weight excluding hydrogens is 549 g/mol. The summed E-state index contributed by atoms with van der Waals surface area (Å²) >= 11 is 13.7. The first-order valence-corrected chi connectivity index (χ1v) is 13.5. The molecule has 1 aromatic heterocycles. The van der Waals surface area contributed by atoms with Crippen LogP contribution >= 0.6 is 34.5 Å². The number of hydrogen-bond donors (Lipinski definition) is 2. The average Bonchev–Trinajstić information content (AvgIpc) is 3.48. The first kappa shape index (κ1) is 27.6. The molecule has 2 amide bonds. The number of carbonyl (C=O) groups is 3. The van der Waals surface area contributed by atoms with Crippen molar-refractivity contribution in [2.45, 2.75) is 39.7 Å². The fourth-order valence-corrected chi connectivity index (χ4v) is 5.72. The third kappa shape index (κ3) is 6.35. The van der Waals surface area contributed by atoms with Gasteiger partial charge in [0, 0.05) is 20.5 Å². The van der Waals surface area contributed by atoms with Gasteiger partial charge in [-0.15, -0.1) is 11.3 Å². The monoisotopic (exact) mass is 573 g/mol. The second-order valence-corrected chi connectivity index (χ2v) is 10.3. The molecule has 0 unspecified atom stereocenters. The topological polar surface area (TPSA) is 106 Å². The minimum absolute atomic E-state index is 0.210. The Morgan fingerprint density at radius 3 is 2.42 bits per heavy atom. The number of fused-ring (bicyclic) bond motifs is 1. The number of rotatable bonds is 8. The molecule has 1 heterocycles. The first-order valence-electron chi connectivity index (χ1n) is 11.9. The van der Waals surface area contributed by atoms with Crippen molar-refractivity contribution in [3.63, 3.8) is 0 Å². The van der Waals surface area contributed by atoms with Crippen molar-refractivity contribution in [3.8, 4) is 5.75 Å². The van der Waals surface area contributed by atoms with Crippen LogP contribution in [0.3, 0.4) is 0 Å². The third-order valence-corrected chi connectivity index (χ3v) is 7.79. The van der Waals surface area contributed by atoms with E-state index in [1.807, 2.05) is 0 Å². The van der Waals surface area contributed by atoms with Crippen molar-refractivity contribution < 1.29 is 23.9 Å². The number of carbonyl (C=O) groups excluding carboxylic acids is 3. The largest absolute Gasteiger partial charge is 0.489 e. The summed E-state index contributed by atoms with van der Waals surface area (Å²) in [5, 5.41) is 7.95. The molecule has 2 aromatic carbocycles. The molecule has 4 rings (SSSR count). The number of anilines is 1. The molecule has 0 radical (unpaired) electrons. The zero-order valence-corrected chi connectivity index (χ0v) is 23.1. The van der Waals surface area contributed by atoms with Crippen LogP contribution in [0.25, 0.3) is 0 Å². The van der Waals surface area contributed by atoms with E-state index >= 15 is 0 Å². The predicted octanol–water partition coefficient (Wildman–Crippen LogP) is 5.78. The molecule has 0 saturated carbocycles. The zero-order valence-electron chi connectivity index (χ0n) is 20.7. The standard InChI is InChI=1S/C27H25Cl2N3O5S/c1-3-36-27(35)23-18-6-4-9-22(18)38-26(23)30-24(33)25(34)32-31-15(2)16-10-12-17(13-11-16)37-14-19-20(28)7-5-8-21(19)29/h5,7-8,10-13H,3-4,6,9,14H2,1-2H3,(H,30,33)(H,32,34)/b31-15+. The highest BCUT2D eigenvalue weighted by Gasteiger charge is 2.29. The maximum Gasteiger partial charge on any atom is 0.341 e. The van der Waals surface area contributed by atoms with Gasteiger partial charge in [-0.1, -0.05) is 29.3 Å². The molecule has 0 atom stereocenters. The number of ether oxygens (including phenoxy) is 2. The highest BCUT2D eigenvalue weighted by Crippen LogP contribution is 2.39. The van der Waals surface area contributed by atoms with E-state index in [2.05, 4.69) is 15.8 Å². The molecule has 8 nitrogen and oxygen atoms in total. The normalized spacial score (nSPS) is 12.6. The number of thiophene rings is 1. The molecule has 0 aliphatic heterocycles. The van der Waals surface area contributed by atoms with Gasteiger partial charge in [0.15, 0.2) is 0 Å². The van der Waals surface area contributed by atoms with Crippen LogP contribution in [-0.2, 0) is 33.8 Å². The number of halogens is 2. The molecule has 2 N–H and O–H groups in total. The summed E-state index contributed by atoms with van der Waals surface area (Å²) in [6.45, 7) is 3.84. The second kappa shape index (κ2) is 12.4. The molecule has 1 aliphatic carbocycles. The number of benzene rings is 2. The van der Waals surface area contributed by atoms with Crippen LogP contribution in [0.15, 0.2) is 47.6 Å². The Labute approximate surface area is 233 Å². The fraction of sp³-hybridized carbons (Fsp3) is 0.259. The number of aryl methyl sites for hydroxylation is 1. The lowest BCUT2D eigenvalue weighted by Crippen LogP contribution is -2.33. The van der Waals surface area contributed by atoms with Gasteiger partial charge in [0.25, 0.3) is 0 Å². The lowest BCUT2D eigenvalue weighted by molar-refractivity contribution is -0.136. The molecular formula is C27H25Cl2N3O5S. The second-order valence-electron chi connectivity index (χ2n) is 8.39. The summed E-state index contributed by atoms with van der Waals surface area (Å²) in [5.41, 5.74) is 5.38. The van der Waals surface area contributed by atoms with Crippen molar-refractivity contribution in [3.05, 3.63) is 79.6 Å². The SMILES string of the molecule is CCOC(=O)c1c(NC(=O)C(=O)N/N=C(\C)c2ccc(OCc3c(Cl)cccc3Cl)cc2)sc2c1CCC2. The number of nitrogens with zero attached hydrogens (tertiary/aromatic N) is 1. The van der Waals surface area contributed by atoms with Crippen molar-refractivity contribution >= 4 is 63.0 Å². The Hall–Kier alpha value is -3.40. The summed E-state index contributed by atoms with van der Waals surface area (Å²) < 4.78 is 10.9. The smallest absolute Gasteiger partial charge is 0.341 e. The number of hydrazone groups is 1. The summed E-state index contributed by atoms with van der Waals surface area (Å²) in [5.74, 6) is -1.78. The highest BCUT2D eigenvalue weighted by atomic mass is 35.5. The van der Waals surface area contributed by atoms with E-state index in [9.17, 15) is 14.4 Å². The molecule has 0 saturated heterocycles. The van der Waals surface area contributed by atoms with Crippen LogP contribution in [0.5, 0.6) is 5.75 Å². The molecule has 1 aliphatic rings. The Bertz CT molecular complexity index is 1380. The summed E-state index contributed by atoms with van der Waals surface area (Å²) in [6.07, 6.45) is 2.51. The first-order chi connectivity index (χ1) is 18.3. The molecule has 0 spiro atoms. The number of amides is 2. The molecule has 3 aromatic rings. The average molecular weight is 574 g/mol. The highest BCUT2D eigenvalue weighted by molar-refractivity contribution is 7.17. The maximum atomic E-state index is 12.5. The van der Waals surface area contributed by atoms with E-state index in [1.165, 1.54) is 11.3 Å². The Morgan fingerprint density at radius 2 is 1.74 bits per heavy atom. The Morgan fingerprint density at radius 1 is 1.03 bits per heavy atom. The van der Waals surface area contributed by atoms with Gasteiger partial charge in [-0.25, -0.2) is 10.2 Å². The fourth-order valence-electron chi connectivity index (χ4n) is 3.94. The van der Waals surface area contributed by atoms with E-state index < -0.39 is 17.8 Å². The quantitative estimate of drug-likeness (QED) is 0.154. The molecule has 198 valence electrons. The molecule has 0 fully saturated rings. The molecule has 0 bridgehead atoms. The number of esters is 1. The van der Waals surface area contributed by atoms with Gasteiger partial charge in [-0.05, 0) is 80.6 Å². The van der Waals surface area contributed by atoms with Gasteiger partial charge >= 0.3 is 17.8 Å². The zero-order chi connectivity index (χ0) is 27.2. The third-order valence-electron chi connectivity index (χ3n) is 5.88. The maximum absolute atomic E-state index is 12.5. The van der Waals surface area contributed by atoms with Gasteiger partial charge in [-0.3, -0.25) is 9.59 Å². The number of hydrogen-bond acceptors (Lipinski definition) is 7. The van der Waals surface area contributed by atoms with Gasteiger partial charge in [0.2, 0.25) is 0 Å². The molecule has 38 heavy (non-hydrogen) atoms. The van der Waals surface area contributed by atoms with Crippen molar-refractivity contribution in [2.75, 3.05) is 11.9 Å². The van der Waals surface area contributed by atoms with Crippen molar-refractivity contribution in [2.24, 2.45) is 5.10 Å². The van der Waals surface area contributed by atoms with Crippen LogP contribution in [0.4, 0.5) is 5.00 Å². The Balaban J connectivity index is 1.35. The lowest BCUT2D eigenvalue weighted by Gasteiger charge is -2.10. The van der Waals surface area contributed by atoms with Crippen LogP contribution in [0, 0.1) is 0 Å². The number of nitrogens with one attached hydrogen (secondary N) is 2. The van der Waals surface area contributed by atoms with Crippen LogP contribution in [0.2, 0.25) is 10.0 Å². The van der Waals surface area contributed by atoms with Crippen LogP contribution in [-0.4, -0.2) is 30.1 Å². The summed E-state index contributed by atoms with van der Waals surface area (Å²) in [6, 6.07) is 12.3. The Kier molecular flexibility index (Phi) is 9.04. The minimum Gasteiger partial charge on any atom is -0.489 e. The van der Waals surface area contributed by atoms with Crippen LogP contribution in [0.1, 0.15) is 52.2 Å². The van der Waals surface area contributed by atoms with E-state index in [0.717, 1.165) is 29.7 Å². The van der Waals surface area contributed by atoms with E-state index in [4.69, 9.17) is 32.7 Å². The van der Waals surface area contributed by atoms with Gasteiger partial charge in [0.05, 0.1) is 17.9 Å². The van der Waals surface area contributed by atoms with Gasteiger partial charge in [-0.2, -0.15) is 5.10 Å². The summed E-state index contributed by atoms with van der Waals surface area (Å²) in [7, 11) is 0. The molecule has 11 heteroatoms.